The number of rotatable bonds is 5. The van der Waals surface area contributed by atoms with E-state index in [9.17, 15) is 9.90 Å². The number of hydrazone groups is 1. The molecule has 0 heterocycles. The molecule has 0 aliphatic carbocycles. The molecule has 0 atom stereocenters. The molecule has 1 amide bonds. The van der Waals surface area contributed by atoms with E-state index in [0.717, 1.165) is 4.47 Å². The highest BCUT2D eigenvalue weighted by molar-refractivity contribution is 14.1. The number of nitrogens with zero attached hydrogens (tertiary/aromatic N) is 1. The topological polar surface area (TPSA) is 70.9 Å². The number of amides is 1. The molecule has 0 saturated heterocycles. The second kappa shape index (κ2) is 8.14. The van der Waals surface area contributed by atoms with Gasteiger partial charge in [0.1, 0.15) is 11.5 Å². The Morgan fingerprint density at radius 3 is 2.82 bits per heavy atom. The zero-order valence-corrected chi connectivity index (χ0v) is 15.0. The summed E-state index contributed by atoms with van der Waals surface area (Å²) in [6.45, 7) is -0.136. The quantitative estimate of drug-likeness (QED) is 0.397. The minimum atomic E-state index is -0.385. The van der Waals surface area contributed by atoms with Crippen LogP contribution in [0.4, 0.5) is 0 Å². The van der Waals surface area contributed by atoms with Crippen LogP contribution in [0, 0.1) is 3.57 Å². The maximum absolute atomic E-state index is 11.6. The van der Waals surface area contributed by atoms with Gasteiger partial charge in [-0.05, 0) is 46.9 Å². The molecular weight excluding hydrogens is 463 g/mol. The van der Waals surface area contributed by atoms with Gasteiger partial charge in [0.25, 0.3) is 5.91 Å². The molecule has 0 aliphatic rings. The van der Waals surface area contributed by atoms with Crippen LogP contribution in [-0.2, 0) is 4.79 Å². The molecule has 2 aromatic carbocycles. The SMILES string of the molecule is O=C(COc1ccccc1)N/N=C/c1cc(Br)cc(I)c1O. The fourth-order valence-electron chi connectivity index (χ4n) is 1.56. The van der Waals surface area contributed by atoms with Gasteiger partial charge in [-0.25, -0.2) is 5.43 Å². The van der Waals surface area contributed by atoms with E-state index in [1.54, 1.807) is 24.3 Å². The van der Waals surface area contributed by atoms with Crippen LogP contribution < -0.4 is 10.2 Å². The molecule has 7 heteroatoms. The normalized spacial score (nSPS) is 10.6. The number of phenols is 1. The molecule has 22 heavy (non-hydrogen) atoms. The van der Waals surface area contributed by atoms with Crippen LogP contribution in [0.1, 0.15) is 5.56 Å². The van der Waals surface area contributed by atoms with Gasteiger partial charge < -0.3 is 9.84 Å². The summed E-state index contributed by atoms with van der Waals surface area (Å²) in [5.41, 5.74) is 2.85. The lowest BCUT2D eigenvalue weighted by molar-refractivity contribution is -0.123. The molecule has 0 fully saturated rings. The van der Waals surface area contributed by atoms with Crippen molar-refractivity contribution in [2.45, 2.75) is 0 Å². The van der Waals surface area contributed by atoms with Gasteiger partial charge in [0.2, 0.25) is 0 Å². The van der Waals surface area contributed by atoms with Crippen LogP contribution in [0.5, 0.6) is 11.5 Å². The number of hydrogen-bond donors (Lipinski definition) is 2. The molecule has 0 radical (unpaired) electrons. The molecule has 0 saturated carbocycles. The summed E-state index contributed by atoms with van der Waals surface area (Å²) in [6, 6.07) is 12.5. The second-order valence-electron chi connectivity index (χ2n) is 4.22. The van der Waals surface area contributed by atoms with Crippen molar-refractivity contribution in [3.63, 3.8) is 0 Å². The first kappa shape index (κ1) is 16.8. The minimum Gasteiger partial charge on any atom is -0.506 e. The number of aromatic hydroxyl groups is 1. The number of para-hydroxylation sites is 1. The first-order chi connectivity index (χ1) is 10.6. The Balaban J connectivity index is 1.88. The first-order valence-corrected chi connectivity index (χ1v) is 8.11. The zero-order valence-electron chi connectivity index (χ0n) is 11.3. The fourth-order valence-corrected chi connectivity index (χ4v) is 3.11. The van der Waals surface area contributed by atoms with Crippen molar-refractivity contribution >= 4 is 50.6 Å². The molecule has 0 spiro atoms. The van der Waals surface area contributed by atoms with Gasteiger partial charge in [-0.3, -0.25) is 4.79 Å². The Morgan fingerprint density at radius 2 is 2.09 bits per heavy atom. The third-order valence-corrected chi connectivity index (χ3v) is 3.84. The number of hydrogen-bond acceptors (Lipinski definition) is 4. The van der Waals surface area contributed by atoms with E-state index in [1.807, 2.05) is 40.8 Å². The van der Waals surface area contributed by atoms with Crippen molar-refractivity contribution in [2.24, 2.45) is 5.10 Å². The average Bonchev–Trinajstić information content (AvgIpc) is 2.51. The van der Waals surface area contributed by atoms with Crippen molar-refractivity contribution in [3.05, 3.63) is 56.1 Å². The molecule has 2 aromatic rings. The highest BCUT2D eigenvalue weighted by Crippen LogP contribution is 2.27. The third-order valence-electron chi connectivity index (χ3n) is 2.56. The summed E-state index contributed by atoms with van der Waals surface area (Å²) >= 11 is 5.35. The highest BCUT2D eigenvalue weighted by atomic mass is 127. The van der Waals surface area contributed by atoms with Gasteiger partial charge >= 0.3 is 0 Å². The van der Waals surface area contributed by atoms with Gasteiger partial charge in [0, 0.05) is 10.0 Å². The first-order valence-electron chi connectivity index (χ1n) is 6.24. The van der Waals surface area contributed by atoms with E-state index in [4.69, 9.17) is 4.74 Å². The molecule has 2 rings (SSSR count). The maximum Gasteiger partial charge on any atom is 0.277 e. The predicted octanol–water partition coefficient (Wildman–Crippen LogP) is 3.29. The Kier molecular flexibility index (Phi) is 6.20. The number of ether oxygens (including phenoxy) is 1. The largest absolute Gasteiger partial charge is 0.506 e. The van der Waals surface area contributed by atoms with Gasteiger partial charge in [0.15, 0.2) is 6.61 Å². The van der Waals surface area contributed by atoms with Gasteiger partial charge in [-0.1, -0.05) is 34.1 Å². The van der Waals surface area contributed by atoms with Crippen LogP contribution in [0.3, 0.4) is 0 Å². The lowest BCUT2D eigenvalue weighted by Crippen LogP contribution is -2.24. The standard InChI is InChI=1S/C15H12BrIN2O3/c16-11-6-10(15(21)13(17)7-11)8-18-19-14(20)9-22-12-4-2-1-3-5-12/h1-8,21H,9H2,(H,19,20)/b18-8+. The molecular formula is C15H12BrIN2O3. The monoisotopic (exact) mass is 474 g/mol. The maximum atomic E-state index is 11.6. The van der Waals surface area contributed by atoms with Gasteiger partial charge in [-0.15, -0.1) is 0 Å². The number of carbonyl (C=O) groups is 1. The smallest absolute Gasteiger partial charge is 0.277 e. The van der Waals surface area contributed by atoms with Crippen molar-refractivity contribution < 1.29 is 14.6 Å². The molecule has 2 N–H and O–H groups in total. The summed E-state index contributed by atoms with van der Waals surface area (Å²) in [7, 11) is 0. The Morgan fingerprint density at radius 1 is 1.36 bits per heavy atom. The van der Waals surface area contributed by atoms with Crippen molar-refractivity contribution in [2.75, 3.05) is 6.61 Å². The molecule has 0 unspecified atom stereocenters. The number of benzene rings is 2. The Bertz CT molecular complexity index is 693. The molecule has 0 aliphatic heterocycles. The average molecular weight is 475 g/mol. The fraction of sp³-hybridized carbons (Fsp3) is 0.0667. The van der Waals surface area contributed by atoms with Crippen LogP contribution in [0.2, 0.25) is 0 Å². The Hall–Kier alpha value is -1.61. The highest BCUT2D eigenvalue weighted by Gasteiger charge is 2.06. The van der Waals surface area contributed by atoms with E-state index in [1.165, 1.54) is 6.21 Å². The lowest BCUT2D eigenvalue weighted by Gasteiger charge is -2.05. The third kappa shape index (κ3) is 4.99. The summed E-state index contributed by atoms with van der Waals surface area (Å²) in [4.78, 5) is 11.6. The molecule has 0 bridgehead atoms. The minimum absolute atomic E-state index is 0.113. The summed E-state index contributed by atoms with van der Waals surface area (Å²) in [5, 5.41) is 13.7. The molecule has 5 nitrogen and oxygen atoms in total. The number of phenolic OH excluding ortho intramolecular Hbond substituents is 1. The zero-order chi connectivity index (χ0) is 15.9. The summed E-state index contributed by atoms with van der Waals surface area (Å²) in [6.07, 6.45) is 1.38. The van der Waals surface area contributed by atoms with E-state index >= 15 is 0 Å². The van der Waals surface area contributed by atoms with E-state index in [0.29, 0.717) is 14.9 Å². The summed E-state index contributed by atoms with van der Waals surface area (Å²) in [5.74, 6) is 0.340. The number of carbonyl (C=O) groups excluding carboxylic acids is 1. The van der Waals surface area contributed by atoms with Crippen molar-refractivity contribution in [3.8, 4) is 11.5 Å². The molecule has 0 aromatic heterocycles. The van der Waals surface area contributed by atoms with Crippen LogP contribution in [0.25, 0.3) is 0 Å². The van der Waals surface area contributed by atoms with Crippen LogP contribution in [0.15, 0.2) is 52.0 Å². The van der Waals surface area contributed by atoms with Crippen LogP contribution in [-0.4, -0.2) is 23.8 Å². The van der Waals surface area contributed by atoms with Gasteiger partial charge in [-0.2, -0.15) is 5.10 Å². The van der Waals surface area contributed by atoms with E-state index in [-0.39, 0.29) is 18.3 Å². The number of nitrogens with one attached hydrogen (secondary N) is 1. The predicted molar refractivity (Wildman–Crippen MR) is 96.2 cm³/mol. The van der Waals surface area contributed by atoms with Crippen molar-refractivity contribution in [1.29, 1.82) is 0 Å². The van der Waals surface area contributed by atoms with E-state index < -0.39 is 0 Å². The van der Waals surface area contributed by atoms with Gasteiger partial charge in [0.05, 0.1) is 9.78 Å². The second-order valence-corrected chi connectivity index (χ2v) is 6.30. The molecule has 114 valence electrons. The summed E-state index contributed by atoms with van der Waals surface area (Å²) < 4.78 is 6.79. The van der Waals surface area contributed by atoms with Crippen molar-refractivity contribution in [1.82, 2.24) is 5.43 Å². The lowest BCUT2D eigenvalue weighted by atomic mass is 10.2. The van der Waals surface area contributed by atoms with Crippen LogP contribution >= 0.6 is 38.5 Å². The van der Waals surface area contributed by atoms with E-state index in [2.05, 4.69) is 26.5 Å². The number of halogens is 2. The Labute approximate surface area is 149 Å².